The minimum Gasteiger partial charge on any atom is -0.459 e. The Bertz CT molecular complexity index is 1380. The highest BCUT2D eigenvalue weighted by molar-refractivity contribution is 7.87. The maximum Gasteiger partial charge on any atom is 0.314 e. The normalized spacial score (nSPS) is 13.5. The quantitative estimate of drug-likeness (QED) is 0.546. The van der Waals surface area contributed by atoms with Crippen molar-refractivity contribution < 1.29 is 18.8 Å². The van der Waals surface area contributed by atoms with Crippen LogP contribution in [0.15, 0.2) is 63.8 Å². The van der Waals surface area contributed by atoms with E-state index >= 15 is 0 Å². The molecule has 1 aliphatic heterocycles. The summed E-state index contributed by atoms with van der Waals surface area (Å²) in [6.07, 6.45) is 4.51. The zero-order valence-corrected chi connectivity index (χ0v) is 19.8. The first-order valence-corrected chi connectivity index (χ1v) is 12.3. The Labute approximate surface area is 204 Å². The number of carbonyl (C=O) groups excluding carboxylic acids is 3. The topological polar surface area (TPSA) is 131 Å². The summed E-state index contributed by atoms with van der Waals surface area (Å²) in [6.45, 7) is 2.80. The number of urea groups is 1. The number of benzene rings is 1. The lowest BCUT2D eigenvalue weighted by Crippen LogP contribution is -2.44. The number of carbonyl (C=O) groups is 3. The van der Waals surface area contributed by atoms with Gasteiger partial charge in [0.1, 0.15) is 0 Å². The summed E-state index contributed by atoms with van der Waals surface area (Å²) in [7, 11) is -0.452. The van der Waals surface area contributed by atoms with Crippen molar-refractivity contribution in [1.82, 2.24) is 9.88 Å². The number of nitrogens with two attached hydrogens (primary N) is 1. The van der Waals surface area contributed by atoms with E-state index in [-0.39, 0.29) is 17.6 Å². The number of hydrogen-bond donors (Lipinski definition) is 2. The Balaban J connectivity index is 1.43. The largest absolute Gasteiger partial charge is 0.459 e. The van der Waals surface area contributed by atoms with E-state index in [0.717, 1.165) is 5.56 Å². The highest BCUT2D eigenvalue weighted by atomic mass is 32.2. The number of primary amides is 1. The SMILES string of the molecule is Cc1ccoc1C(=O)Nc1cccc(C#Cc2cncc(C(=O)N=S3CCN(C(N)=O)CC3)c2)c1. The van der Waals surface area contributed by atoms with Gasteiger partial charge < -0.3 is 20.4 Å². The predicted molar refractivity (Wildman–Crippen MR) is 133 cm³/mol. The molecule has 0 atom stereocenters. The molecule has 10 heteroatoms. The van der Waals surface area contributed by atoms with E-state index in [1.165, 1.54) is 12.5 Å². The third kappa shape index (κ3) is 6.22. The first-order valence-electron chi connectivity index (χ1n) is 10.8. The molecule has 4 rings (SSSR count). The van der Waals surface area contributed by atoms with Crippen LogP contribution >= 0.6 is 0 Å². The van der Waals surface area contributed by atoms with Crippen LogP contribution in [0.3, 0.4) is 0 Å². The highest BCUT2D eigenvalue weighted by Crippen LogP contribution is 2.15. The summed E-state index contributed by atoms with van der Waals surface area (Å²) in [5.74, 6) is 6.84. The molecule has 9 nitrogen and oxygen atoms in total. The van der Waals surface area contributed by atoms with Crippen LogP contribution in [0.1, 0.15) is 37.6 Å². The molecule has 1 aliphatic rings. The Morgan fingerprint density at radius 3 is 2.60 bits per heavy atom. The Morgan fingerprint density at radius 2 is 1.89 bits per heavy atom. The van der Waals surface area contributed by atoms with Crippen molar-refractivity contribution in [2.75, 3.05) is 29.9 Å². The zero-order chi connectivity index (χ0) is 24.8. The van der Waals surface area contributed by atoms with Gasteiger partial charge in [0, 0.05) is 59.4 Å². The molecule has 0 saturated carbocycles. The van der Waals surface area contributed by atoms with Crippen LogP contribution < -0.4 is 11.1 Å². The summed E-state index contributed by atoms with van der Waals surface area (Å²) >= 11 is 0. The molecule has 0 bridgehead atoms. The summed E-state index contributed by atoms with van der Waals surface area (Å²) in [5.41, 5.74) is 8.24. The van der Waals surface area contributed by atoms with Crippen LogP contribution in [0.2, 0.25) is 0 Å². The molecule has 3 aromatic rings. The molecule has 0 aliphatic carbocycles. The Morgan fingerprint density at radius 1 is 1.11 bits per heavy atom. The van der Waals surface area contributed by atoms with Gasteiger partial charge in [0.05, 0.1) is 11.8 Å². The van der Waals surface area contributed by atoms with E-state index in [0.29, 0.717) is 47.0 Å². The van der Waals surface area contributed by atoms with E-state index in [9.17, 15) is 14.4 Å². The standard InChI is InChI=1S/C25H23N5O4S/c1-17-7-10-34-22(17)24(32)28-21-4-2-3-18(14-21)5-6-19-13-20(16-27-15-19)23(31)29-35-11-8-30(9-12-35)25(26)33/h2-4,7,10,13-16H,8-9,11-12H2,1H3,(H2,26,33)(H,28,32). The molecule has 1 fully saturated rings. The first kappa shape index (κ1) is 23.9. The second-order valence-corrected chi connectivity index (χ2v) is 9.70. The molecule has 0 unspecified atom stereocenters. The van der Waals surface area contributed by atoms with Crippen molar-refractivity contribution in [1.29, 1.82) is 0 Å². The van der Waals surface area contributed by atoms with Crippen LogP contribution in [0.5, 0.6) is 0 Å². The first-order chi connectivity index (χ1) is 16.9. The van der Waals surface area contributed by atoms with Crippen molar-refractivity contribution in [3.63, 3.8) is 0 Å². The summed E-state index contributed by atoms with van der Waals surface area (Å²) in [4.78, 5) is 41.9. The van der Waals surface area contributed by atoms with Crippen molar-refractivity contribution in [3.8, 4) is 11.8 Å². The van der Waals surface area contributed by atoms with Gasteiger partial charge in [-0.3, -0.25) is 14.6 Å². The Kier molecular flexibility index (Phi) is 7.38. The molecule has 3 heterocycles. The minimum absolute atomic E-state index is 0.262. The van der Waals surface area contributed by atoms with Gasteiger partial charge >= 0.3 is 6.03 Å². The van der Waals surface area contributed by atoms with E-state index in [1.807, 2.05) is 6.07 Å². The van der Waals surface area contributed by atoms with Crippen molar-refractivity contribution in [3.05, 3.63) is 83.1 Å². The lowest BCUT2D eigenvalue weighted by Gasteiger charge is -2.26. The fourth-order valence-corrected chi connectivity index (χ4v) is 4.95. The van der Waals surface area contributed by atoms with Gasteiger partial charge in [-0.05, 0) is 37.3 Å². The van der Waals surface area contributed by atoms with E-state index < -0.39 is 16.7 Å². The van der Waals surface area contributed by atoms with Gasteiger partial charge in [0.2, 0.25) is 0 Å². The van der Waals surface area contributed by atoms with Crippen LogP contribution in [0.4, 0.5) is 10.5 Å². The van der Waals surface area contributed by atoms with Crippen molar-refractivity contribution in [2.24, 2.45) is 10.1 Å². The molecule has 2 aromatic heterocycles. The van der Waals surface area contributed by atoms with Crippen LogP contribution in [-0.2, 0) is 10.7 Å². The van der Waals surface area contributed by atoms with E-state index in [2.05, 4.69) is 26.5 Å². The maximum absolute atomic E-state index is 12.6. The molecule has 35 heavy (non-hydrogen) atoms. The van der Waals surface area contributed by atoms with Crippen LogP contribution in [0, 0.1) is 18.8 Å². The van der Waals surface area contributed by atoms with Crippen molar-refractivity contribution >= 4 is 34.2 Å². The number of furan rings is 1. The molecule has 1 saturated heterocycles. The van der Waals surface area contributed by atoms with Crippen LogP contribution in [-0.4, -0.2) is 52.3 Å². The predicted octanol–water partition coefficient (Wildman–Crippen LogP) is 2.97. The second-order valence-electron chi connectivity index (χ2n) is 7.77. The Hall–Kier alpha value is -4.23. The summed E-state index contributed by atoms with van der Waals surface area (Å²) < 4.78 is 9.52. The molecule has 0 spiro atoms. The molecule has 0 radical (unpaired) electrons. The molecular weight excluding hydrogens is 466 g/mol. The average molecular weight is 490 g/mol. The average Bonchev–Trinajstić information content (AvgIpc) is 3.29. The number of hydrogen-bond acceptors (Lipinski definition) is 5. The number of nitrogens with one attached hydrogen (secondary N) is 1. The lowest BCUT2D eigenvalue weighted by molar-refractivity contribution is 0.0991. The van der Waals surface area contributed by atoms with Crippen LogP contribution in [0.25, 0.3) is 0 Å². The third-order valence-electron chi connectivity index (χ3n) is 5.24. The smallest absolute Gasteiger partial charge is 0.314 e. The number of aromatic nitrogens is 1. The fourth-order valence-electron chi connectivity index (χ4n) is 3.36. The molecule has 4 amide bonds. The number of nitrogens with zero attached hydrogens (tertiary/aromatic N) is 3. The number of anilines is 1. The molecular formula is C25H23N5O4S. The molecule has 3 N–H and O–H groups in total. The third-order valence-corrected chi connectivity index (χ3v) is 6.97. The number of rotatable bonds is 3. The molecule has 178 valence electrons. The van der Waals surface area contributed by atoms with Gasteiger partial charge in [-0.15, -0.1) is 0 Å². The fraction of sp³-hybridized carbons (Fsp3) is 0.200. The highest BCUT2D eigenvalue weighted by Gasteiger charge is 2.18. The minimum atomic E-state index is -0.452. The maximum atomic E-state index is 12.6. The molecule has 1 aromatic carbocycles. The monoisotopic (exact) mass is 489 g/mol. The lowest BCUT2D eigenvalue weighted by atomic mass is 10.1. The number of aryl methyl sites for hydroxylation is 1. The van der Waals surface area contributed by atoms with E-state index in [1.54, 1.807) is 48.4 Å². The van der Waals surface area contributed by atoms with Crippen molar-refractivity contribution in [2.45, 2.75) is 6.92 Å². The van der Waals surface area contributed by atoms with Gasteiger partial charge in [0.25, 0.3) is 11.8 Å². The van der Waals surface area contributed by atoms with E-state index in [4.69, 9.17) is 10.2 Å². The number of amides is 4. The number of pyridine rings is 1. The summed E-state index contributed by atoms with van der Waals surface area (Å²) in [5, 5.41) is 2.80. The van der Waals surface area contributed by atoms with Gasteiger partial charge in [-0.1, -0.05) is 28.6 Å². The second kappa shape index (κ2) is 10.8. The van der Waals surface area contributed by atoms with Gasteiger partial charge in [-0.25, -0.2) is 4.79 Å². The zero-order valence-electron chi connectivity index (χ0n) is 19.0. The van der Waals surface area contributed by atoms with Gasteiger partial charge in [-0.2, -0.15) is 4.36 Å². The van der Waals surface area contributed by atoms with Gasteiger partial charge in [0.15, 0.2) is 5.76 Å². The summed E-state index contributed by atoms with van der Waals surface area (Å²) in [6, 6.07) is 10.0.